The van der Waals surface area contributed by atoms with Crippen LogP contribution in [0.1, 0.15) is 33.9 Å². The van der Waals surface area contributed by atoms with Gasteiger partial charge in [0.15, 0.2) is 0 Å². The van der Waals surface area contributed by atoms with Gasteiger partial charge in [0.25, 0.3) is 0 Å². The Morgan fingerprint density at radius 1 is 0.475 bits per heavy atom. The first-order valence-electron chi connectivity index (χ1n) is 12.5. The first-order chi connectivity index (χ1) is 18.2. The third-order valence-electron chi connectivity index (χ3n) is 6.75. The molecule has 0 fully saturated rings. The minimum absolute atomic E-state index is 0. The van der Waals surface area contributed by atoms with E-state index in [-0.39, 0.29) is 34.2 Å². The standard InChI is InChI=1S/C20H14N4.C13H10.Cu.H3N.Si/c1-2-14-10-16-5-6-18(23-16)12-20-8-7-19(24-20)11-17-4-3-15(22-17)9-13(1)21-14;1-3-7-12-10(5-1)9-11-6-2-4-8-13(11)12;;;/h1-12,21-22H;1-8H,9H2;;1H3;. The number of nitrogens with one attached hydrogen (secondary N) is 2. The Kier molecular flexibility index (Phi) is 8.82. The maximum absolute atomic E-state index is 4.62. The number of aromatic amines is 2. The number of rotatable bonds is 0. The minimum Gasteiger partial charge on any atom is -0.355 e. The van der Waals surface area contributed by atoms with Crippen LogP contribution in [0.4, 0.5) is 0 Å². The summed E-state index contributed by atoms with van der Waals surface area (Å²) >= 11 is 0. The van der Waals surface area contributed by atoms with Crippen LogP contribution in [0.15, 0.2) is 97.1 Å². The van der Waals surface area contributed by atoms with Crippen molar-refractivity contribution < 1.29 is 17.1 Å². The molecule has 2 aromatic carbocycles. The van der Waals surface area contributed by atoms with Gasteiger partial charge in [-0.2, -0.15) is 0 Å². The van der Waals surface area contributed by atoms with Crippen molar-refractivity contribution in [3.05, 3.63) is 131 Å². The molecule has 40 heavy (non-hydrogen) atoms. The predicted molar refractivity (Wildman–Crippen MR) is 164 cm³/mol. The maximum atomic E-state index is 4.62. The molecule has 5 aromatic rings. The fraction of sp³-hybridized carbons (Fsp3) is 0.0303. The van der Waals surface area contributed by atoms with Gasteiger partial charge >= 0.3 is 0 Å². The van der Waals surface area contributed by atoms with Crippen LogP contribution in [0.25, 0.3) is 57.5 Å². The molecule has 0 atom stereocenters. The van der Waals surface area contributed by atoms with E-state index in [0.717, 1.165) is 51.3 Å². The first-order valence-corrected chi connectivity index (χ1v) is 12.5. The summed E-state index contributed by atoms with van der Waals surface area (Å²) in [6.07, 6.45) is 9.15. The molecule has 8 rings (SSSR count). The number of hydrogen-bond acceptors (Lipinski definition) is 3. The summed E-state index contributed by atoms with van der Waals surface area (Å²) in [7, 11) is 0. The van der Waals surface area contributed by atoms with E-state index in [4.69, 9.17) is 0 Å². The van der Waals surface area contributed by atoms with Crippen molar-refractivity contribution >= 4 is 57.3 Å². The molecule has 8 bridgehead atoms. The zero-order valence-corrected chi connectivity index (χ0v) is 23.6. The minimum atomic E-state index is 0. The Morgan fingerprint density at radius 2 is 0.850 bits per heavy atom. The van der Waals surface area contributed by atoms with E-state index >= 15 is 0 Å². The van der Waals surface area contributed by atoms with Gasteiger partial charge in [-0.1, -0.05) is 48.5 Å². The normalized spacial score (nSPS) is 11.6. The molecule has 0 spiro atoms. The smallest absolute Gasteiger partial charge is 0.0659 e. The summed E-state index contributed by atoms with van der Waals surface area (Å²) in [6, 6.07) is 33.7. The molecule has 0 unspecified atom stereocenters. The molecule has 5 radical (unpaired) electrons. The predicted octanol–water partition coefficient (Wildman–Crippen LogP) is 7.69. The van der Waals surface area contributed by atoms with E-state index in [0.29, 0.717) is 0 Å². The third kappa shape index (κ3) is 5.98. The molecular formula is C33H27CuN5Si. The number of fused-ring (bicyclic) bond motifs is 11. The second-order valence-corrected chi connectivity index (χ2v) is 9.40. The molecule has 0 amide bonds. The molecule has 5 heterocycles. The Labute approximate surface area is 248 Å². The Hall–Kier alpha value is -4.26. The summed E-state index contributed by atoms with van der Waals surface area (Å²) < 4.78 is 0. The average Bonchev–Trinajstić information content (AvgIpc) is 3.73. The van der Waals surface area contributed by atoms with Gasteiger partial charge in [0.05, 0.1) is 22.8 Å². The van der Waals surface area contributed by atoms with Crippen LogP contribution in [0.3, 0.4) is 0 Å². The van der Waals surface area contributed by atoms with Crippen molar-refractivity contribution in [1.82, 2.24) is 26.1 Å². The summed E-state index contributed by atoms with van der Waals surface area (Å²) in [4.78, 5) is 16.0. The fourth-order valence-electron chi connectivity index (χ4n) is 5.02. The van der Waals surface area contributed by atoms with Gasteiger partial charge in [-0.3, -0.25) is 0 Å². The molecule has 0 saturated carbocycles. The molecule has 2 aliphatic heterocycles. The van der Waals surface area contributed by atoms with Gasteiger partial charge in [-0.05, 0) is 102 Å². The Balaban J connectivity index is 0.000000198. The molecule has 3 aromatic heterocycles. The topological polar surface area (TPSA) is 92.4 Å². The van der Waals surface area contributed by atoms with Crippen molar-refractivity contribution in [2.45, 2.75) is 6.42 Å². The zero-order valence-electron chi connectivity index (χ0n) is 21.7. The Morgan fingerprint density at radius 3 is 1.30 bits per heavy atom. The van der Waals surface area contributed by atoms with Gasteiger partial charge in [-0.15, -0.1) is 0 Å². The van der Waals surface area contributed by atoms with Crippen molar-refractivity contribution in [2.24, 2.45) is 0 Å². The summed E-state index contributed by atoms with van der Waals surface area (Å²) in [5.41, 5.74) is 13.6. The van der Waals surface area contributed by atoms with E-state index in [9.17, 15) is 0 Å². The van der Waals surface area contributed by atoms with Crippen molar-refractivity contribution in [1.29, 1.82) is 0 Å². The van der Waals surface area contributed by atoms with Crippen LogP contribution >= 0.6 is 0 Å². The van der Waals surface area contributed by atoms with Gasteiger partial charge in [0.2, 0.25) is 0 Å². The van der Waals surface area contributed by atoms with Crippen LogP contribution in [-0.2, 0) is 23.5 Å². The molecule has 5 N–H and O–H groups in total. The molecule has 199 valence electrons. The van der Waals surface area contributed by atoms with E-state index in [1.165, 1.54) is 22.3 Å². The van der Waals surface area contributed by atoms with Gasteiger partial charge in [0.1, 0.15) is 0 Å². The van der Waals surface area contributed by atoms with Gasteiger partial charge < -0.3 is 16.1 Å². The number of H-pyrrole nitrogens is 2. The van der Waals surface area contributed by atoms with Crippen LogP contribution in [-0.4, -0.2) is 30.9 Å². The molecule has 7 heteroatoms. The van der Waals surface area contributed by atoms with Crippen LogP contribution in [0.2, 0.25) is 0 Å². The van der Waals surface area contributed by atoms with E-state index in [1.807, 2.05) is 42.5 Å². The summed E-state index contributed by atoms with van der Waals surface area (Å²) in [6.45, 7) is 0. The Bertz CT molecular complexity index is 1750. The van der Waals surface area contributed by atoms with Crippen LogP contribution < -0.4 is 6.15 Å². The molecule has 3 aliphatic rings. The molecule has 0 saturated heterocycles. The molecule has 5 nitrogen and oxygen atoms in total. The SMILES string of the molecule is C1=Cc2cc3ccc(cc4ccc(cc5nc(cc1n2)C=C5)[nH]4)[nH]3.N.[Cu].[Si].c1ccc2c(c1)Cc1ccccc1-2. The number of hydrogen-bond donors (Lipinski definition) is 3. The summed E-state index contributed by atoms with van der Waals surface area (Å²) in [5, 5.41) is 0. The fourth-order valence-corrected chi connectivity index (χ4v) is 5.02. The summed E-state index contributed by atoms with van der Waals surface area (Å²) in [5.74, 6) is 0. The second-order valence-electron chi connectivity index (χ2n) is 9.40. The third-order valence-corrected chi connectivity index (χ3v) is 6.75. The van der Waals surface area contributed by atoms with Crippen molar-refractivity contribution in [2.75, 3.05) is 0 Å². The first kappa shape index (κ1) is 28.7. The second kappa shape index (κ2) is 12.3. The van der Waals surface area contributed by atoms with Crippen molar-refractivity contribution in [3.63, 3.8) is 0 Å². The van der Waals surface area contributed by atoms with E-state index in [1.54, 1.807) is 0 Å². The van der Waals surface area contributed by atoms with Gasteiger partial charge in [0, 0.05) is 50.1 Å². The maximum Gasteiger partial charge on any atom is 0.0659 e. The largest absolute Gasteiger partial charge is 0.355 e. The van der Waals surface area contributed by atoms with Crippen molar-refractivity contribution in [3.8, 4) is 11.1 Å². The van der Waals surface area contributed by atoms with Crippen LogP contribution in [0, 0.1) is 0 Å². The number of aromatic nitrogens is 4. The van der Waals surface area contributed by atoms with Crippen LogP contribution in [0.5, 0.6) is 0 Å². The number of benzene rings is 2. The quantitative estimate of drug-likeness (QED) is 0.159. The van der Waals surface area contributed by atoms with Gasteiger partial charge in [-0.25, -0.2) is 9.97 Å². The molecule has 1 aliphatic carbocycles. The number of nitrogens with zero attached hydrogens (tertiary/aromatic N) is 2. The van der Waals surface area contributed by atoms with E-state index < -0.39 is 0 Å². The average molecular weight is 585 g/mol. The van der Waals surface area contributed by atoms with E-state index in [2.05, 4.69) is 98.8 Å². The molecular weight excluding hydrogens is 558 g/mol. The zero-order chi connectivity index (χ0) is 24.6. The monoisotopic (exact) mass is 584 g/mol.